The molecule has 0 aliphatic carbocycles. The van der Waals surface area contributed by atoms with E-state index in [0.29, 0.717) is 12.4 Å². The van der Waals surface area contributed by atoms with E-state index in [4.69, 9.17) is 10.4 Å². The van der Waals surface area contributed by atoms with Crippen LogP contribution >= 0.6 is 15.9 Å². The number of hydrazine groups is 1. The van der Waals surface area contributed by atoms with Crippen LogP contribution in [-0.4, -0.2) is 25.8 Å². The van der Waals surface area contributed by atoms with Crippen LogP contribution in [0.1, 0.15) is 16.5 Å². The predicted octanol–water partition coefficient (Wildman–Crippen LogP) is -0.320. The topological polar surface area (TPSA) is 112 Å². The van der Waals surface area contributed by atoms with Crippen molar-refractivity contribution in [3.63, 3.8) is 0 Å². The molecule has 0 fully saturated rings. The van der Waals surface area contributed by atoms with Gasteiger partial charge in [0.25, 0.3) is 0 Å². The number of halogens is 1. The molecule has 2 aromatic heterocycles. The summed E-state index contributed by atoms with van der Waals surface area (Å²) >= 11 is 3.26. The Morgan fingerprint density at radius 2 is 2.50 bits per heavy atom. The summed E-state index contributed by atoms with van der Waals surface area (Å²) in [6, 6.07) is 0. The monoisotopic (exact) mass is 286 g/mol. The Balaban J connectivity index is 2.11. The molecule has 8 nitrogen and oxygen atoms in total. The van der Waals surface area contributed by atoms with Crippen molar-refractivity contribution >= 4 is 21.8 Å². The number of nitrogens with zero attached hydrogens (tertiary/aromatic N) is 4. The molecule has 2 aromatic rings. The number of hydrogen-bond donors (Lipinski definition) is 2. The van der Waals surface area contributed by atoms with Gasteiger partial charge in [-0.05, 0) is 15.9 Å². The summed E-state index contributed by atoms with van der Waals surface area (Å²) in [7, 11) is 0. The molecule has 0 aliphatic rings. The Kier molecular flexibility index (Phi) is 2.97. The first kappa shape index (κ1) is 10.8. The lowest BCUT2D eigenvalue weighted by molar-refractivity contribution is 0.0910. The largest absolute Gasteiger partial charge is 0.328 e. The van der Waals surface area contributed by atoms with Gasteiger partial charge >= 0.3 is 11.8 Å². The van der Waals surface area contributed by atoms with Crippen LogP contribution in [-0.2, 0) is 6.54 Å². The number of amides is 1. The first-order valence-corrected chi connectivity index (χ1v) is 5.00. The van der Waals surface area contributed by atoms with Crippen LogP contribution in [0.2, 0.25) is 0 Å². The lowest BCUT2D eigenvalue weighted by Crippen LogP contribution is -2.30. The van der Waals surface area contributed by atoms with Gasteiger partial charge in [-0.15, -0.1) is 0 Å². The van der Waals surface area contributed by atoms with Crippen molar-refractivity contribution in [2.24, 2.45) is 5.84 Å². The molecule has 2 rings (SSSR count). The van der Waals surface area contributed by atoms with E-state index in [1.54, 1.807) is 17.1 Å². The highest BCUT2D eigenvalue weighted by atomic mass is 79.9. The molecular weight excluding hydrogens is 280 g/mol. The van der Waals surface area contributed by atoms with Crippen LogP contribution in [0, 0.1) is 0 Å². The SMILES string of the molecule is NNC(=O)c1nc(Cn2cc(Br)cn2)no1. The Hall–Kier alpha value is -1.74. The second-order valence-corrected chi connectivity index (χ2v) is 3.76. The maximum absolute atomic E-state index is 11.0. The van der Waals surface area contributed by atoms with Crippen LogP contribution in [0.4, 0.5) is 0 Å². The van der Waals surface area contributed by atoms with Gasteiger partial charge < -0.3 is 4.52 Å². The summed E-state index contributed by atoms with van der Waals surface area (Å²) < 4.78 is 7.13. The first-order chi connectivity index (χ1) is 7.69. The minimum absolute atomic E-state index is 0.177. The number of aromatic nitrogens is 4. The zero-order valence-electron chi connectivity index (χ0n) is 7.92. The summed E-state index contributed by atoms with van der Waals surface area (Å²) in [6.45, 7) is 0.312. The summed E-state index contributed by atoms with van der Waals surface area (Å²) in [5.41, 5.74) is 1.90. The Morgan fingerprint density at radius 3 is 3.12 bits per heavy atom. The number of hydrogen-bond acceptors (Lipinski definition) is 6. The van der Waals surface area contributed by atoms with E-state index < -0.39 is 5.91 Å². The summed E-state index contributed by atoms with van der Waals surface area (Å²) in [5, 5.41) is 7.62. The molecule has 1 amide bonds. The second-order valence-electron chi connectivity index (χ2n) is 2.85. The minimum Gasteiger partial charge on any atom is -0.328 e. The van der Waals surface area contributed by atoms with Crippen molar-refractivity contribution in [1.29, 1.82) is 0 Å². The molecule has 0 spiro atoms. The molecule has 0 saturated carbocycles. The van der Waals surface area contributed by atoms with Gasteiger partial charge in [-0.1, -0.05) is 5.16 Å². The maximum Gasteiger partial charge on any atom is 0.323 e. The van der Waals surface area contributed by atoms with E-state index in [2.05, 4.69) is 31.2 Å². The third kappa shape index (κ3) is 2.25. The van der Waals surface area contributed by atoms with Crippen LogP contribution < -0.4 is 11.3 Å². The summed E-state index contributed by atoms with van der Waals surface area (Å²) in [6.07, 6.45) is 3.38. The molecule has 0 saturated heterocycles. The normalized spacial score (nSPS) is 10.4. The highest BCUT2D eigenvalue weighted by molar-refractivity contribution is 9.10. The third-order valence-electron chi connectivity index (χ3n) is 1.70. The molecule has 84 valence electrons. The lowest BCUT2D eigenvalue weighted by atomic mass is 10.5. The molecule has 0 aliphatic heterocycles. The molecule has 2 heterocycles. The van der Waals surface area contributed by atoms with E-state index in [1.807, 2.05) is 5.43 Å². The molecule has 0 unspecified atom stereocenters. The van der Waals surface area contributed by atoms with E-state index in [1.165, 1.54) is 0 Å². The molecule has 0 bridgehead atoms. The smallest absolute Gasteiger partial charge is 0.323 e. The zero-order chi connectivity index (χ0) is 11.5. The van der Waals surface area contributed by atoms with Crippen LogP contribution in [0.5, 0.6) is 0 Å². The number of nitrogens with one attached hydrogen (secondary N) is 1. The standard InChI is InChI=1S/C7H7BrN6O2/c8-4-1-10-14(2-4)3-5-11-7(16-13-5)6(15)12-9/h1-2H,3,9H2,(H,12,15). The molecule has 9 heteroatoms. The number of nitrogen functional groups attached to an aromatic ring is 1. The van der Waals surface area contributed by atoms with Crippen LogP contribution in [0.25, 0.3) is 0 Å². The van der Waals surface area contributed by atoms with Gasteiger partial charge in [0.15, 0.2) is 5.82 Å². The molecular formula is C7H7BrN6O2. The fourth-order valence-electron chi connectivity index (χ4n) is 1.04. The molecule has 0 atom stereocenters. The van der Waals surface area contributed by atoms with Crippen molar-refractivity contribution in [2.75, 3.05) is 0 Å². The average Bonchev–Trinajstić information content (AvgIpc) is 2.87. The lowest BCUT2D eigenvalue weighted by Gasteiger charge is -1.93. The van der Waals surface area contributed by atoms with Gasteiger partial charge in [-0.25, -0.2) is 5.84 Å². The maximum atomic E-state index is 11.0. The molecule has 3 N–H and O–H groups in total. The Bertz CT molecular complexity index is 506. The van der Waals surface area contributed by atoms with Crippen molar-refractivity contribution in [1.82, 2.24) is 25.3 Å². The highest BCUT2D eigenvalue weighted by Crippen LogP contribution is 2.07. The number of rotatable bonds is 3. The second kappa shape index (κ2) is 4.41. The Labute approximate surface area is 97.9 Å². The van der Waals surface area contributed by atoms with E-state index >= 15 is 0 Å². The van der Waals surface area contributed by atoms with E-state index in [-0.39, 0.29) is 5.89 Å². The molecule has 0 aromatic carbocycles. The summed E-state index contributed by atoms with van der Waals surface area (Å²) in [4.78, 5) is 14.9. The highest BCUT2D eigenvalue weighted by Gasteiger charge is 2.13. The molecule has 16 heavy (non-hydrogen) atoms. The van der Waals surface area contributed by atoms with Gasteiger partial charge in [0.05, 0.1) is 10.7 Å². The number of carbonyl (C=O) groups excluding carboxylic acids is 1. The third-order valence-corrected chi connectivity index (χ3v) is 2.11. The fourth-order valence-corrected chi connectivity index (χ4v) is 1.37. The van der Waals surface area contributed by atoms with Crippen molar-refractivity contribution < 1.29 is 9.32 Å². The van der Waals surface area contributed by atoms with E-state index in [0.717, 1.165) is 4.47 Å². The van der Waals surface area contributed by atoms with Crippen LogP contribution in [0.3, 0.4) is 0 Å². The fraction of sp³-hybridized carbons (Fsp3) is 0.143. The average molecular weight is 287 g/mol. The molecule has 0 radical (unpaired) electrons. The van der Waals surface area contributed by atoms with Gasteiger partial charge in [-0.3, -0.25) is 14.9 Å². The van der Waals surface area contributed by atoms with Gasteiger partial charge in [0.1, 0.15) is 6.54 Å². The van der Waals surface area contributed by atoms with Crippen molar-refractivity contribution in [3.05, 3.63) is 28.6 Å². The van der Waals surface area contributed by atoms with Crippen molar-refractivity contribution in [3.8, 4) is 0 Å². The number of nitrogens with two attached hydrogens (primary N) is 1. The predicted molar refractivity (Wildman–Crippen MR) is 55.0 cm³/mol. The Morgan fingerprint density at radius 1 is 1.69 bits per heavy atom. The zero-order valence-corrected chi connectivity index (χ0v) is 9.51. The van der Waals surface area contributed by atoms with Crippen LogP contribution in [0.15, 0.2) is 21.4 Å². The quantitative estimate of drug-likeness (QED) is 0.454. The number of carbonyl (C=O) groups is 1. The minimum atomic E-state index is -0.625. The van der Waals surface area contributed by atoms with Gasteiger partial charge in [0, 0.05) is 6.20 Å². The van der Waals surface area contributed by atoms with E-state index in [9.17, 15) is 4.79 Å². The van der Waals surface area contributed by atoms with Gasteiger partial charge in [0.2, 0.25) is 0 Å². The summed E-state index contributed by atoms with van der Waals surface area (Å²) in [5.74, 6) is 4.46. The first-order valence-electron chi connectivity index (χ1n) is 4.20. The van der Waals surface area contributed by atoms with Crippen molar-refractivity contribution in [2.45, 2.75) is 6.54 Å². The van der Waals surface area contributed by atoms with Gasteiger partial charge in [-0.2, -0.15) is 10.1 Å².